The lowest BCUT2D eigenvalue weighted by Gasteiger charge is -2.64. The second-order valence-electron chi connectivity index (χ2n) is 18.3. The predicted molar refractivity (Wildman–Crippen MR) is 249 cm³/mol. The third-order valence-electron chi connectivity index (χ3n) is 15.4. The number of aromatic nitrogens is 4. The monoisotopic (exact) mass is 785 g/mol. The van der Waals surface area contributed by atoms with Crippen LogP contribution in [0.2, 0.25) is 0 Å². The van der Waals surface area contributed by atoms with E-state index in [1.54, 1.807) is 11.1 Å². The molecule has 4 fully saturated rings. The number of nitrogens with zero attached hydrogens (tertiary/aromatic N) is 5. The summed E-state index contributed by atoms with van der Waals surface area (Å²) in [5.74, 6) is 3.25. The van der Waals surface area contributed by atoms with Gasteiger partial charge in [-0.3, -0.25) is 9.97 Å². The first-order chi connectivity index (χ1) is 30.2. The van der Waals surface area contributed by atoms with E-state index in [1.165, 1.54) is 76.5 Å². The molecule has 0 N–H and O–H groups in total. The molecule has 61 heavy (non-hydrogen) atoms. The number of benzene rings is 6. The number of rotatable bonds is 4. The number of para-hydroxylation sites is 4. The highest BCUT2D eigenvalue weighted by molar-refractivity contribution is 6.12. The van der Waals surface area contributed by atoms with Gasteiger partial charge in [-0.15, -0.1) is 0 Å². The molecule has 5 heterocycles. The van der Waals surface area contributed by atoms with Crippen molar-refractivity contribution in [3.63, 3.8) is 0 Å². The summed E-state index contributed by atoms with van der Waals surface area (Å²) in [6.45, 7) is 0. The number of anilines is 3. The Morgan fingerprint density at radius 3 is 1.72 bits per heavy atom. The zero-order chi connectivity index (χ0) is 39.8. The quantitative estimate of drug-likeness (QED) is 0.178. The summed E-state index contributed by atoms with van der Waals surface area (Å²) >= 11 is 0. The van der Waals surface area contributed by atoms with Crippen LogP contribution in [0, 0.1) is 23.7 Å². The zero-order valence-electron chi connectivity index (χ0n) is 33.8. The average molecular weight is 786 g/mol. The molecule has 5 aliphatic rings. The molecule has 4 aliphatic carbocycles. The fourth-order valence-electron chi connectivity index (χ4n) is 13.5. The van der Waals surface area contributed by atoms with Crippen LogP contribution in [0.25, 0.3) is 66.1 Å². The maximum Gasteiger partial charge on any atom is 0.0572 e. The summed E-state index contributed by atoms with van der Waals surface area (Å²) in [4.78, 5) is 11.5. The minimum absolute atomic E-state index is 0.0915. The third kappa shape index (κ3) is 4.56. The minimum Gasteiger partial charge on any atom is -0.310 e. The minimum atomic E-state index is 0.0915. The first-order valence-electron chi connectivity index (χ1n) is 22.1. The average Bonchev–Trinajstić information content (AvgIpc) is 3.83. The molecule has 1 spiro atoms. The van der Waals surface area contributed by atoms with Crippen LogP contribution in [-0.2, 0) is 5.41 Å². The molecule has 5 heteroatoms. The Morgan fingerprint density at radius 2 is 1.02 bits per heavy atom. The lowest BCUT2D eigenvalue weighted by molar-refractivity contribution is -0.0419. The Hall–Kier alpha value is -6.98. The number of pyridine rings is 2. The molecule has 0 radical (unpaired) electrons. The van der Waals surface area contributed by atoms with Gasteiger partial charge in [-0.25, -0.2) is 0 Å². The molecule has 4 saturated carbocycles. The first-order valence-corrected chi connectivity index (χ1v) is 22.1. The van der Waals surface area contributed by atoms with Gasteiger partial charge in [0.25, 0.3) is 0 Å². The van der Waals surface area contributed by atoms with Crippen molar-refractivity contribution in [2.75, 3.05) is 4.90 Å². The van der Waals surface area contributed by atoms with Gasteiger partial charge in [0.1, 0.15) is 0 Å². The third-order valence-corrected chi connectivity index (χ3v) is 15.4. The second-order valence-corrected chi connectivity index (χ2v) is 18.3. The lowest BCUT2D eigenvalue weighted by atomic mass is 9.41. The van der Waals surface area contributed by atoms with E-state index < -0.39 is 0 Å². The highest BCUT2D eigenvalue weighted by atomic mass is 15.2. The van der Waals surface area contributed by atoms with Crippen LogP contribution in [0.3, 0.4) is 0 Å². The highest BCUT2D eigenvalue weighted by Crippen LogP contribution is 2.69. The van der Waals surface area contributed by atoms with Crippen molar-refractivity contribution in [2.45, 2.75) is 37.5 Å². The Morgan fingerprint density at radius 1 is 0.426 bits per heavy atom. The van der Waals surface area contributed by atoms with E-state index in [2.05, 4.69) is 176 Å². The molecule has 0 saturated heterocycles. The summed E-state index contributed by atoms with van der Waals surface area (Å²) in [6, 6.07) is 57.1. The molecule has 6 aromatic carbocycles. The Labute approximate surface area is 354 Å². The molecule has 1 aliphatic heterocycles. The van der Waals surface area contributed by atoms with Crippen LogP contribution < -0.4 is 4.90 Å². The molecule has 0 amide bonds. The van der Waals surface area contributed by atoms with Crippen molar-refractivity contribution < 1.29 is 0 Å². The fraction of sp³-hybridized carbons (Fsp3) is 0.179. The summed E-state index contributed by atoms with van der Waals surface area (Å²) in [5, 5.41) is 4.72. The van der Waals surface area contributed by atoms with E-state index in [9.17, 15) is 0 Å². The van der Waals surface area contributed by atoms with Gasteiger partial charge in [-0.1, -0.05) is 84.9 Å². The lowest BCUT2D eigenvalue weighted by Crippen LogP contribution is -2.57. The van der Waals surface area contributed by atoms with Gasteiger partial charge in [0.2, 0.25) is 0 Å². The van der Waals surface area contributed by atoms with Gasteiger partial charge in [0.05, 0.1) is 39.1 Å². The van der Waals surface area contributed by atoms with Crippen molar-refractivity contribution >= 4 is 60.7 Å². The van der Waals surface area contributed by atoms with Gasteiger partial charge in [-0.05, 0) is 139 Å². The van der Waals surface area contributed by atoms with E-state index in [1.807, 2.05) is 24.8 Å². The Balaban J connectivity index is 0.937. The van der Waals surface area contributed by atoms with Gasteiger partial charge in [0, 0.05) is 68.7 Å². The summed E-state index contributed by atoms with van der Waals surface area (Å²) in [5.41, 5.74) is 16.4. The molecule has 4 bridgehead atoms. The van der Waals surface area contributed by atoms with Gasteiger partial charge >= 0.3 is 0 Å². The smallest absolute Gasteiger partial charge is 0.0572 e. The maximum atomic E-state index is 4.46. The Kier molecular flexibility index (Phi) is 6.94. The van der Waals surface area contributed by atoms with E-state index >= 15 is 0 Å². The molecular formula is C56H43N5. The first kappa shape index (κ1) is 33.8. The number of hydrogen-bond acceptors (Lipinski definition) is 3. The molecule has 292 valence electrons. The molecule has 4 aromatic heterocycles. The number of fused-ring (bicyclic) bond motifs is 8. The SMILES string of the molecule is c1cc(-c2ccccc2-n2c3ccccc3c3cc(N4c5ccccc5C5(c6ccccc64)C4CC6CC(C4)CC5C6)ccc32)cc(-n2c3ccncc3c3cnccc32)c1. The molecule has 0 atom stereocenters. The summed E-state index contributed by atoms with van der Waals surface area (Å²) in [6.07, 6.45) is 14.6. The second kappa shape index (κ2) is 12.5. The van der Waals surface area contributed by atoms with Crippen LogP contribution in [0.5, 0.6) is 0 Å². The van der Waals surface area contributed by atoms with Crippen molar-refractivity contribution in [3.05, 3.63) is 188 Å². The van der Waals surface area contributed by atoms with E-state index in [4.69, 9.17) is 0 Å². The van der Waals surface area contributed by atoms with Crippen molar-refractivity contribution in [3.8, 4) is 22.5 Å². The largest absolute Gasteiger partial charge is 0.310 e. The van der Waals surface area contributed by atoms with E-state index in [-0.39, 0.29) is 5.41 Å². The van der Waals surface area contributed by atoms with E-state index in [0.717, 1.165) is 50.6 Å². The Bertz CT molecular complexity index is 3290. The maximum absolute atomic E-state index is 4.46. The highest BCUT2D eigenvalue weighted by Gasteiger charge is 2.61. The molecular weight excluding hydrogens is 743 g/mol. The van der Waals surface area contributed by atoms with Crippen LogP contribution in [0.1, 0.15) is 43.2 Å². The normalized spacial score (nSPS) is 20.9. The fourth-order valence-corrected chi connectivity index (χ4v) is 13.5. The zero-order valence-corrected chi connectivity index (χ0v) is 33.8. The van der Waals surface area contributed by atoms with Crippen LogP contribution >= 0.6 is 0 Å². The van der Waals surface area contributed by atoms with E-state index in [0.29, 0.717) is 11.8 Å². The van der Waals surface area contributed by atoms with Crippen LogP contribution in [0.4, 0.5) is 17.1 Å². The van der Waals surface area contributed by atoms with Gasteiger partial charge in [-0.2, -0.15) is 0 Å². The molecule has 15 rings (SSSR count). The summed E-state index contributed by atoms with van der Waals surface area (Å²) < 4.78 is 4.82. The molecule has 5 nitrogen and oxygen atoms in total. The van der Waals surface area contributed by atoms with Crippen LogP contribution in [0.15, 0.2) is 176 Å². The topological polar surface area (TPSA) is 38.9 Å². The van der Waals surface area contributed by atoms with Crippen molar-refractivity contribution in [1.82, 2.24) is 19.1 Å². The predicted octanol–water partition coefficient (Wildman–Crippen LogP) is 13.9. The van der Waals surface area contributed by atoms with Crippen molar-refractivity contribution in [2.24, 2.45) is 23.7 Å². The van der Waals surface area contributed by atoms with Crippen molar-refractivity contribution in [1.29, 1.82) is 0 Å². The molecule has 10 aromatic rings. The van der Waals surface area contributed by atoms with Gasteiger partial charge < -0.3 is 14.0 Å². The standard InChI is InChI=1S/C56H43N5/c1-5-16-49(42(12-1)37-10-9-11-40(31-37)59-52-22-24-57-33-45(52)46-34-58-25-23-53(46)59)61-50-17-6-2-13-43(50)44-32-41(20-21-51(44)61)60-54-18-7-3-14-47(54)56(48-15-4-8-19-55(48)60)38-27-35-26-36(29-38)30-39(56)28-35/h1-25,31-36,38-39H,26-30H2. The molecule has 0 unspecified atom stereocenters. The van der Waals surface area contributed by atoms with Crippen LogP contribution in [-0.4, -0.2) is 19.1 Å². The number of hydrogen-bond donors (Lipinski definition) is 0. The van der Waals surface area contributed by atoms with Gasteiger partial charge in [0.15, 0.2) is 0 Å². The summed E-state index contributed by atoms with van der Waals surface area (Å²) in [7, 11) is 0.